The molecular formula is C7H12BrNO4. The largest absolute Gasteiger partial charge is 0.467 e. The highest BCUT2D eigenvalue weighted by Gasteiger charge is 2.17. The van der Waals surface area contributed by atoms with Crippen molar-refractivity contribution in [1.29, 1.82) is 0 Å². The van der Waals surface area contributed by atoms with Crippen LogP contribution in [0.25, 0.3) is 0 Å². The third kappa shape index (κ3) is 4.84. The van der Waals surface area contributed by atoms with Crippen LogP contribution in [0.3, 0.4) is 0 Å². The average Bonchev–Trinajstić information content (AvgIpc) is 2.11. The molecule has 0 saturated carbocycles. The molecule has 5 nitrogen and oxygen atoms in total. The Balaban J connectivity index is 3.76. The second-order valence-electron chi connectivity index (χ2n) is 2.40. The zero-order chi connectivity index (χ0) is 10.4. The number of amides is 1. The summed E-state index contributed by atoms with van der Waals surface area (Å²) in [5.74, 6) is -1.05. The van der Waals surface area contributed by atoms with E-state index in [4.69, 9.17) is 5.11 Å². The van der Waals surface area contributed by atoms with Gasteiger partial charge in [-0.25, -0.2) is 4.79 Å². The van der Waals surface area contributed by atoms with Gasteiger partial charge in [0.15, 0.2) is 6.10 Å². The molecule has 2 atom stereocenters. The highest BCUT2D eigenvalue weighted by Crippen LogP contribution is 1.96. The van der Waals surface area contributed by atoms with Crippen LogP contribution in [0.15, 0.2) is 0 Å². The third-order valence-electron chi connectivity index (χ3n) is 1.30. The third-order valence-corrected chi connectivity index (χ3v) is 1.72. The van der Waals surface area contributed by atoms with E-state index >= 15 is 0 Å². The smallest absolute Gasteiger partial charge is 0.336 e. The number of hydrogen-bond acceptors (Lipinski definition) is 4. The molecule has 0 heterocycles. The predicted molar refractivity (Wildman–Crippen MR) is 49.4 cm³/mol. The van der Waals surface area contributed by atoms with E-state index in [9.17, 15) is 9.59 Å². The molecule has 0 rings (SSSR count). The van der Waals surface area contributed by atoms with Gasteiger partial charge < -0.3 is 15.2 Å². The normalized spacial score (nSPS) is 14.5. The van der Waals surface area contributed by atoms with Crippen molar-refractivity contribution in [2.75, 3.05) is 13.7 Å². The maximum atomic E-state index is 10.9. The maximum Gasteiger partial charge on any atom is 0.336 e. The van der Waals surface area contributed by atoms with E-state index in [-0.39, 0.29) is 17.3 Å². The number of methoxy groups -OCH3 is 1. The molecule has 2 unspecified atom stereocenters. The summed E-state index contributed by atoms with van der Waals surface area (Å²) in [5, 5.41) is 11.4. The minimum atomic E-state index is -1.31. The van der Waals surface area contributed by atoms with Crippen LogP contribution < -0.4 is 5.32 Å². The summed E-state index contributed by atoms with van der Waals surface area (Å²) in [6.45, 7) is 1.50. The monoisotopic (exact) mass is 253 g/mol. The second-order valence-corrected chi connectivity index (χ2v) is 3.77. The Morgan fingerprint density at radius 1 is 1.62 bits per heavy atom. The van der Waals surface area contributed by atoms with Crippen LogP contribution in [0.1, 0.15) is 6.92 Å². The number of halogens is 1. The molecule has 6 heteroatoms. The summed E-state index contributed by atoms with van der Waals surface area (Å²) in [6, 6.07) is 0. The second kappa shape index (κ2) is 5.93. The van der Waals surface area contributed by atoms with Crippen molar-refractivity contribution in [3.63, 3.8) is 0 Å². The summed E-state index contributed by atoms with van der Waals surface area (Å²) in [6.07, 6.45) is -1.31. The van der Waals surface area contributed by atoms with Gasteiger partial charge in [-0.2, -0.15) is 0 Å². The Bertz CT molecular complexity index is 195. The minimum absolute atomic E-state index is 0.137. The molecular weight excluding hydrogens is 242 g/mol. The van der Waals surface area contributed by atoms with Gasteiger partial charge in [0.25, 0.3) is 0 Å². The molecule has 0 aliphatic heterocycles. The molecule has 0 aromatic heterocycles. The number of carbonyl (C=O) groups is 2. The van der Waals surface area contributed by atoms with Gasteiger partial charge in [0.05, 0.1) is 18.5 Å². The Labute approximate surface area is 84.6 Å². The van der Waals surface area contributed by atoms with Gasteiger partial charge in [-0.1, -0.05) is 15.9 Å². The standard InChI is InChI=1S/C7H12BrNO4/c1-4(8)6(11)9-3-5(10)7(12)13-2/h4-5,10H,3H2,1-2H3,(H,9,11). The van der Waals surface area contributed by atoms with Gasteiger partial charge in [-0.3, -0.25) is 4.79 Å². The van der Waals surface area contributed by atoms with Crippen molar-refractivity contribution in [2.45, 2.75) is 17.9 Å². The summed E-state index contributed by atoms with van der Waals surface area (Å²) in [7, 11) is 1.17. The quantitative estimate of drug-likeness (QED) is 0.520. The van der Waals surface area contributed by atoms with Crippen LogP contribution in [0, 0.1) is 0 Å². The van der Waals surface area contributed by atoms with E-state index in [1.807, 2.05) is 0 Å². The molecule has 0 aliphatic carbocycles. The average molecular weight is 254 g/mol. The topological polar surface area (TPSA) is 75.6 Å². The Morgan fingerprint density at radius 2 is 2.15 bits per heavy atom. The van der Waals surface area contributed by atoms with E-state index in [0.29, 0.717) is 0 Å². The number of esters is 1. The van der Waals surface area contributed by atoms with Crippen LogP contribution in [0.5, 0.6) is 0 Å². The SMILES string of the molecule is COC(=O)C(O)CNC(=O)C(C)Br. The molecule has 0 aliphatic rings. The van der Waals surface area contributed by atoms with Gasteiger partial charge in [-0.05, 0) is 6.92 Å². The first-order valence-electron chi connectivity index (χ1n) is 3.66. The number of carbonyl (C=O) groups excluding carboxylic acids is 2. The molecule has 0 aromatic carbocycles. The Morgan fingerprint density at radius 3 is 2.54 bits per heavy atom. The zero-order valence-electron chi connectivity index (χ0n) is 7.41. The molecule has 13 heavy (non-hydrogen) atoms. The number of nitrogens with one attached hydrogen (secondary N) is 1. The van der Waals surface area contributed by atoms with Gasteiger partial charge in [0.1, 0.15) is 0 Å². The van der Waals surface area contributed by atoms with E-state index < -0.39 is 12.1 Å². The predicted octanol–water partition coefficient (Wildman–Crippen LogP) is -0.580. The molecule has 1 amide bonds. The summed E-state index contributed by atoms with van der Waals surface area (Å²) >= 11 is 3.03. The number of aliphatic hydroxyl groups excluding tert-OH is 1. The van der Waals surface area contributed by atoms with E-state index in [2.05, 4.69) is 26.0 Å². The van der Waals surface area contributed by atoms with E-state index in [1.165, 1.54) is 7.11 Å². The highest BCUT2D eigenvalue weighted by molar-refractivity contribution is 9.10. The minimum Gasteiger partial charge on any atom is -0.467 e. The maximum absolute atomic E-state index is 10.9. The van der Waals surface area contributed by atoms with Crippen LogP contribution in [-0.4, -0.2) is 41.6 Å². The molecule has 0 saturated heterocycles. The molecule has 0 fully saturated rings. The summed E-state index contributed by atoms with van der Waals surface area (Å²) < 4.78 is 4.25. The summed E-state index contributed by atoms with van der Waals surface area (Å²) in [4.78, 5) is 21.2. The fourth-order valence-corrected chi connectivity index (χ4v) is 0.719. The van der Waals surface area contributed by atoms with Gasteiger partial charge in [0, 0.05) is 0 Å². The zero-order valence-corrected chi connectivity index (χ0v) is 9.00. The van der Waals surface area contributed by atoms with Gasteiger partial charge in [-0.15, -0.1) is 0 Å². The number of hydrogen-bond donors (Lipinski definition) is 2. The summed E-state index contributed by atoms with van der Waals surface area (Å²) in [5.41, 5.74) is 0. The number of ether oxygens (including phenoxy) is 1. The van der Waals surface area contributed by atoms with Crippen molar-refractivity contribution in [2.24, 2.45) is 0 Å². The van der Waals surface area contributed by atoms with Crippen molar-refractivity contribution >= 4 is 27.8 Å². The first-order valence-corrected chi connectivity index (χ1v) is 4.58. The Hall–Kier alpha value is -0.620. The number of rotatable bonds is 4. The van der Waals surface area contributed by atoms with E-state index in [1.54, 1.807) is 6.92 Å². The van der Waals surface area contributed by atoms with Crippen molar-refractivity contribution < 1.29 is 19.4 Å². The van der Waals surface area contributed by atoms with Crippen LogP contribution >= 0.6 is 15.9 Å². The van der Waals surface area contributed by atoms with Crippen molar-refractivity contribution in [3.05, 3.63) is 0 Å². The molecule has 2 N–H and O–H groups in total. The first kappa shape index (κ1) is 12.4. The van der Waals surface area contributed by atoms with Crippen LogP contribution in [0.4, 0.5) is 0 Å². The van der Waals surface area contributed by atoms with Crippen molar-refractivity contribution in [1.82, 2.24) is 5.32 Å². The van der Waals surface area contributed by atoms with Crippen LogP contribution in [-0.2, 0) is 14.3 Å². The van der Waals surface area contributed by atoms with Crippen molar-refractivity contribution in [3.8, 4) is 0 Å². The lowest BCUT2D eigenvalue weighted by Gasteiger charge is -2.10. The van der Waals surface area contributed by atoms with Crippen LogP contribution in [0.2, 0.25) is 0 Å². The van der Waals surface area contributed by atoms with Gasteiger partial charge in [0.2, 0.25) is 5.91 Å². The molecule has 0 radical (unpaired) electrons. The molecule has 0 aromatic rings. The number of aliphatic hydroxyl groups is 1. The fraction of sp³-hybridized carbons (Fsp3) is 0.714. The van der Waals surface area contributed by atoms with Gasteiger partial charge >= 0.3 is 5.97 Å². The first-order chi connectivity index (χ1) is 5.99. The molecule has 0 bridgehead atoms. The molecule has 76 valence electrons. The lowest BCUT2D eigenvalue weighted by Crippen LogP contribution is -2.39. The van der Waals surface area contributed by atoms with E-state index in [0.717, 1.165) is 0 Å². The Kier molecular flexibility index (Phi) is 5.65. The lowest BCUT2D eigenvalue weighted by atomic mass is 10.3. The number of alkyl halides is 1. The molecule has 0 spiro atoms. The fourth-order valence-electron chi connectivity index (χ4n) is 0.557. The highest BCUT2D eigenvalue weighted by atomic mass is 79.9. The lowest BCUT2D eigenvalue weighted by molar-refractivity contribution is -0.150.